The molecule has 0 N–H and O–H groups in total. The number of halogens is 2. The predicted molar refractivity (Wildman–Crippen MR) is 58.2 cm³/mol. The van der Waals surface area contributed by atoms with Gasteiger partial charge in [0.1, 0.15) is 5.82 Å². The Morgan fingerprint density at radius 3 is 2.31 bits per heavy atom. The first-order chi connectivity index (χ1) is 7.23. The normalized spacial score (nSPS) is 11.4. The SMILES string of the molecule is Cc1cc(F)ccc1C(=O)N(F)C(C)(C)C. The van der Waals surface area contributed by atoms with Crippen LogP contribution in [0.15, 0.2) is 18.2 Å². The summed E-state index contributed by atoms with van der Waals surface area (Å²) in [6, 6.07) is 3.66. The summed E-state index contributed by atoms with van der Waals surface area (Å²) in [5.74, 6) is -1.18. The molecule has 1 rings (SSSR count). The van der Waals surface area contributed by atoms with E-state index in [0.717, 1.165) is 6.07 Å². The number of nitrogens with zero attached hydrogens (tertiary/aromatic N) is 1. The van der Waals surface area contributed by atoms with Crippen molar-refractivity contribution in [2.75, 3.05) is 0 Å². The second-order valence-corrected chi connectivity index (χ2v) is 4.72. The molecule has 0 aromatic heterocycles. The van der Waals surface area contributed by atoms with E-state index in [1.54, 1.807) is 27.7 Å². The fourth-order valence-electron chi connectivity index (χ4n) is 1.28. The van der Waals surface area contributed by atoms with Crippen molar-refractivity contribution in [2.24, 2.45) is 0 Å². The van der Waals surface area contributed by atoms with E-state index in [-0.39, 0.29) is 10.7 Å². The van der Waals surface area contributed by atoms with Crippen LogP contribution in [0.5, 0.6) is 0 Å². The lowest BCUT2D eigenvalue weighted by Crippen LogP contribution is -2.39. The molecular weight excluding hydrogens is 212 g/mol. The quantitative estimate of drug-likeness (QED) is 0.674. The molecule has 1 aromatic carbocycles. The molecule has 0 saturated heterocycles. The Morgan fingerprint density at radius 1 is 1.31 bits per heavy atom. The summed E-state index contributed by atoms with van der Waals surface area (Å²) >= 11 is 0. The number of amides is 1. The maximum atomic E-state index is 13.7. The van der Waals surface area contributed by atoms with E-state index in [1.165, 1.54) is 12.1 Å². The van der Waals surface area contributed by atoms with Crippen LogP contribution in [-0.4, -0.2) is 16.6 Å². The lowest BCUT2D eigenvalue weighted by atomic mass is 10.0. The van der Waals surface area contributed by atoms with Crippen LogP contribution in [-0.2, 0) is 0 Å². The van der Waals surface area contributed by atoms with Crippen molar-refractivity contribution < 1.29 is 13.7 Å². The monoisotopic (exact) mass is 227 g/mol. The molecule has 0 fully saturated rings. The van der Waals surface area contributed by atoms with E-state index >= 15 is 0 Å². The van der Waals surface area contributed by atoms with Crippen LogP contribution >= 0.6 is 0 Å². The zero-order valence-corrected chi connectivity index (χ0v) is 9.84. The largest absolute Gasteiger partial charge is 0.282 e. The number of aryl methyl sites for hydroxylation is 1. The minimum atomic E-state index is -0.905. The van der Waals surface area contributed by atoms with Crippen molar-refractivity contribution in [2.45, 2.75) is 33.2 Å². The highest BCUT2D eigenvalue weighted by Gasteiger charge is 2.28. The van der Waals surface area contributed by atoms with Gasteiger partial charge in [0.15, 0.2) is 0 Å². The summed E-state index contributed by atoms with van der Waals surface area (Å²) in [5, 5.41) is 0.160. The lowest BCUT2D eigenvalue weighted by Gasteiger charge is -2.26. The molecule has 0 bridgehead atoms. The molecule has 0 saturated carbocycles. The van der Waals surface area contributed by atoms with E-state index in [1.807, 2.05) is 0 Å². The molecule has 4 heteroatoms. The summed E-state index contributed by atoms with van der Waals surface area (Å²) < 4.78 is 26.5. The number of carbonyl (C=O) groups excluding carboxylic acids is 1. The molecule has 0 aliphatic rings. The summed E-state index contributed by atoms with van der Waals surface area (Å²) in [4.78, 5) is 11.8. The third kappa shape index (κ3) is 2.56. The van der Waals surface area contributed by atoms with Gasteiger partial charge in [-0.25, -0.2) is 4.39 Å². The fraction of sp³-hybridized carbons (Fsp3) is 0.417. The van der Waals surface area contributed by atoms with Gasteiger partial charge in [-0.05, 0) is 51.5 Å². The van der Waals surface area contributed by atoms with E-state index < -0.39 is 17.3 Å². The Labute approximate surface area is 93.8 Å². The molecule has 0 aliphatic heterocycles. The maximum Gasteiger partial charge on any atom is 0.282 e. The van der Waals surface area contributed by atoms with Gasteiger partial charge in [-0.3, -0.25) is 4.79 Å². The van der Waals surface area contributed by atoms with E-state index in [0.29, 0.717) is 5.56 Å². The standard InChI is InChI=1S/C12H15F2NO/c1-8-7-9(13)5-6-10(8)11(16)15(14)12(2,3)4/h5-7H,1-4H3. The summed E-state index contributed by atoms with van der Waals surface area (Å²) in [6.07, 6.45) is 0. The van der Waals surface area contributed by atoms with Crippen LogP contribution in [0, 0.1) is 12.7 Å². The molecule has 1 aromatic rings. The summed E-state index contributed by atoms with van der Waals surface area (Å²) in [5.41, 5.74) is -0.298. The Bertz CT molecular complexity index is 410. The third-order valence-corrected chi connectivity index (χ3v) is 2.19. The van der Waals surface area contributed by atoms with Crippen LogP contribution < -0.4 is 0 Å². The van der Waals surface area contributed by atoms with Gasteiger partial charge in [-0.2, -0.15) is 5.12 Å². The molecule has 2 nitrogen and oxygen atoms in total. The zero-order chi connectivity index (χ0) is 12.5. The molecule has 0 atom stereocenters. The van der Waals surface area contributed by atoms with E-state index in [4.69, 9.17) is 0 Å². The van der Waals surface area contributed by atoms with Crippen LogP contribution in [0.2, 0.25) is 0 Å². The number of benzene rings is 1. The second-order valence-electron chi connectivity index (χ2n) is 4.72. The Hall–Kier alpha value is -1.45. The lowest BCUT2D eigenvalue weighted by molar-refractivity contribution is -0.0322. The first kappa shape index (κ1) is 12.6. The number of rotatable bonds is 1. The first-order valence-corrected chi connectivity index (χ1v) is 5.00. The van der Waals surface area contributed by atoms with Crippen molar-refractivity contribution >= 4 is 5.91 Å². The second kappa shape index (κ2) is 4.20. The van der Waals surface area contributed by atoms with Crippen molar-refractivity contribution in [3.05, 3.63) is 35.1 Å². The highest BCUT2D eigenvalue weighted by Crippen LogP contribution is 2.20. The average molecular weight is 227 g/mol. The van der Waals surface area contributed by atoms with Crippen LogP contribution in [0.3, 0.4) is 0 Å². The van der Waals surface area contributed by atoms with Crippen molar-refractivity contribution in [3.8, 4) is 0 Å². The first-order valence-electron chi connectivity index (χ1n) is 5.00. The predicted octanol–water partition coefficient (Wildman–Crippen LogP) is 3.26. The van der Waals surface area contributed by atoms with Gasteiger partial charge < -0.3 is 0 Å². The van der Waals surface area contributed by atoms with Gasteiger partial charge in [0.05, 0.1) is 5.54 Å². The number of carbonyl (C=O) groups is 1. The van der Waals surface area contributed by atoms with E-state index in [9.17, 15) is 13.7 Å². The van der Waals surface area contributed by atoms with Gasteiger partial charge in [-0.15, -0.1) is 0 Å². The van der Waals surface area contributed by atoms with Gasteiger partial charge in [-0.1, -0.05) is 4.48 Å². The highest BCUT2D eigenvalue weighted by molar-refractivity contribution is 5.95. The molecule has 1 amide bonds. The van der Waals surface area contributed by atoms with Gasteiger partial charge in [0.25, 0.3) is 5.91 Å². The smallest absolute Gasteiger partial charge is 0.266 e. The number of hydrogen-bond acceptors (Lipinski definition) is 1. The highest BCUT2D eigenvalue weighted by atomic mass is 19.2. The molecule has 0 aliphatic carbocycles. The molecule has 0 spiro atoms. The fourth-order valence-corrected chi connectivity index (χ4v) is 1.28. The van der Waals surface area contributed by atoms with Gasteiger partial charge >= 0.3 is 0 Å². The van der Waals surface area contributed by atoms with Gasteiger partial charge in [0, 0.05) is 5.56 Å². The number of hydrogen-bond donors (Lipinski definition) is 0. The average Bonchev–Trinajstić information content (AvgIpc) is 2.14. The minimum absolute atomic E-state index is 0.160. The Morgan fingerprint density at radius 2 is 1.88 bits per heavy atom. The minimum Gasteiger partial charge on any atom is -0.266 e. The molecule has 0 radical (unpaired) electrons. The summed E-state index contributed by atoms with van der Waals surface area (Å²) in [6.45, 7) is 6.34. The van der Waals surface area contributed by atoms with Crippen molar-refractivity contribution in [3.63, 3.8) is 0 Å². The topological polar surface area (TPSA) is 20.3 Å². The maximum absolute atomic E-state index is 13.7. The van der Waals surface area contributed by atoms with Crippen LogP contribution in [0.1, 0.15) is 36.7 Å². The zero-order valence-electron chi connectivity index (χ0n) is 9.84. The summed E-state index contributed by atoms with van der Waals surface area (Å²) in [7, 11) is 0. The van der Waals surface area contributed by atoms with Crippen LogP contribution in [0.25, 0.3) is 0 Å². The molecule has 0 unspecified atom stereocenters. The van der Waals surface area contributed by atoms with E-state index in [2.05, 4.69) is 0 Å². The molecule has 88 valence electrons. The molecule has 16 heavy (non-hydrogen) atoms. The van der Waals surface area contributed by atoms with Gasteiger partial charge in [0.2, 0.25) is 0 Å². The molecule has 0 heterocycles. The molecular formula is C12H15F2NO. The van der Waals surface area contributed by atoms with Crippen molar-refractivity contribution in [1.82, 2.24) is 5.12 Å². The van der Waals surface area contributed by atoms with Crippen molar-refractivity contribution in [1.29, 1.82) is 0 Å². The Balaban J connectivity index is 3.06. The third-order valence-electron chi connectivity index (χ3n) is 2.19. The Kier molecular flexibility index (Phi) is 3.31. The van der Waals surface area contributed by atoms with Crippen LogP contribution in [0.4, 0.5) is 8.87 Å².